The largest absolute Gasteiger partial charge is 0.481 e. The van der Waals surface area contributed by atoms with Gasteiger partial charge in [-0.15, -0.1) is 0 Å². The lowest BCUT2D eigenvalue weighted by Crippen LogP contribution is -2.15. The minimum atomic E-state index is -0.878. The number of carboxylic acids is 1. The molecule has 1 aromatic carbocycles. The minimum absolute atomic E-state index is 0.0469. The fourth-order valence-electron chi connectivity index (χ4n) is 2.06. The molecule has 1 saturated carbocycles. The molecule has 0 amide bonds. The third kappa shape index (κ3) is 2.48. The van der Waals surface area contributed by atoms with Gasteiger partial charge in [0.15, 0.2) is 0 Å². The normalized spacial score (nSPS) is 18.7. The molecule has 4 heteroatoms. The van der Waals surface area contributed by atoms with Gasteiger partial charge in [0.2, 0.25) is 0 Å². The highest BCUT2D eigenvalue weighted by Crippen LogP contribution is 2.48. The molecule has 1 aliphatic carbocycles. The summed E-state index contributed by atoms with van der Waals surface area (Å²) in [5.74, 6) is -0.878. The Hall–Kier alpha value is -1.39. The molecule has 1 atom stereocenters. The first-order chi connectivity index (χ1) is 8.07. The number of aliphatic carboxylic acids is 1. The number of methoxy groups -OCH3 is 1. The van der Waals surface area contributed by atoms with Gasteiger partial charge in [0.1, 0.15) is 0 Å². The van der Waals surface area contributed by atoms with E-state index in [1.165, 1.54) is 0 Å². The molecule has 3 N–H and O–H groups in total. The summed E-state index contributed by atoms with van der Waals surface area (Å²) in [7, 11) is 1.72. The first kappa shape index (κ1) is 12.1. The molecule has 0 radical (unpaired) electrons. The second-order valence-electron chi connectivity index (χ2n) is 4.52. The van der Waals surface area contributed by atoms with E-state index in [0.29, 0.717) is 0 Å². The van der Waals surface area contributed by atoms with Crippen LogP contribution in [0, 0.1) is 0 Å². The van der Waals surface area contributed by atoms with Crippen molar-refractivity contribution in [2.24, 2.45) is 5.73 Å². The number of hydrogen-bond acceptors (Lipinski definition) is 3. The quantitative estimate of drug-likeness (QED) is 0.816. The van der Waals surface area contributed by atoms with E-state index in [2.05, 4.69) is 0 Å². The lowest BCUT2D eigenvalue weighted by Gasteiger charge is -2.15. The highest BCUT2D eigenvalue weighted by atomic mass is 16.5. The summed E-state index contributed by atoms with van der Waals surface area (Å²) in [6.45, 7) is 0. The highest BCUT2D eigenvalue weighted by molar-refractivity contribution is 5.67. The van der Waals surface area contributed by atoms with Gasteiger partial charge in [0.25, 0.3) is 0 Å². The zero-order valence-corrected chi connectivity index (χ0v) is 9.85. The maximum atomic E-state index is 10.6. The van der Waals surface area contributed by atoms with E-state index >= 15 is 0 Å². The Bertz CT molecular complexity index is 409. The van der Waals surface area contributed by atoms with Gasteiger partial charge < -0.3 is 15.6 Å². The molecule has 1 fully saturated rings. The zero-order chi connectivity index (χ0) is 12.5. The van der Waals surface area contributed by atoms with Gasteiger partial charge in [0.05, 0.1) is 12.0 Å². The maximum absolute atomic E-state index is 10.6. The average molecular weight is 235 g/mol. The van der Waals surface area contributed by atoms with Gasteiger partial charge in [-0.2, -0.15) is 0 Å². The minimum Gasteiger partial charge on any atom is -0.481 e. The third-order valence-corrected chi connectivity index (χ3v) is 3.35. The fraction of sp³-hybridized carbons (Fsp3) is 0.462. The Morgan fingerprint density at radius 3 is 2.47 bits per heavy atom. The number of carbonyl (C=O) groups is 1. The first-order valence-corrected chi connectivity index (χ1v) is 5.70. The van der Waals surface area contributed by atoms with Gasteiger partial charge in [-0.05, 0) is 24.0 Å². The van der Waals surface area contributed by atoms with Crippen LogP contribution in [0.5, 0.6) is 0 Å². The molecule has 17 heavy (non-hydrogen) atoms. The molecule has 0 bridgehead atoms. The lowest BCUT2D eigenvalue weighted by molar-refractivity contribution is -0.137. The van der Waals surface area contributed by atoms with Crippen molar-refractivity contribution in [3.63, 3.8) is 0 Å². The van der Waals surface area contributed by atoms with Crippen molar-refractivity contribution in [1.29, 1.82) is 0 Å². The van der Waals surface area contributed by atoms with Gasteiger partial charge in [0, 0.05) is 13.2 Å². The van der Waals surface area contributed by atoms with E-state index in [1.807, 2.05) is 24.3 Å². The summed E-state index contributed by atoms with van der Waals surface area (Å²) >= 11 is 0. The Morgan fingerprint density at radius 1 is 1.47 bits per heavy atom. The molecule has 2 rings (SSSR count). The highest BCUT2D eigenvalue weighted by Gasteiger charge is 2.44. The molecule has 0 aliphatic heterocycles. The second-order valence-corrected chi connectivity index (χ2v) is 4.52. The van der Waals surface area contributed by atoms with Crippen molar-refractivity contribution in [1.82, 2.24) is 0 Å². The maximum Gasteiger partial charge on any atom is 0.305 e. The summed E-state index contributed by atoms with van der Waals surface area (Å²) in [6, 6.07) is 7.30. The van der Waals surface area contributed by atoms with Gasteiger partial charge >= 0.3 is 5.97 Å². The molecule has 0 spiro atoms. The predicted octanol–water partition coefficient (Wildman–Crippen LogP) is 1.80. The summed E-state index contributed by atoms with van der Waals surface area (Å²) in [4.78, 5) is 10.6. The Kier molecular flexibility index (Phi) is 3.17. The Morgan fingerprint density at radius 2 is 2.06 bits per heavy atom. The molecule has 92 valence electrons. The average Bonchev–Trinajstić information content (AvgIpc) is 3.09. The standard InChI is InChI=1S/C13H17NO3/c1-17-13(6-7-13)10-4-2-9(3-5-10)11(14)8-12(15)16/h2-5,11H,6-8,14H2,1H3,(H,15,16). The zero-order valence-electron chi connectivity index (χ0n) is 9.85. The van der Waals surface area contributed by atoms with Crippen LogP contribution < -0.4 is 5.73 Å². The molecule has 1 aromatic rings. The number of carboxylic acid groups (broad SMARTS) is 1. The number of nitrogens with two attached hydrogens (primary N) is 1. The van der Waals surface area contributed by atoms with Crippen molar-refractivity contribution >= 4 is 5.97 Å². The van der Waals surface area contributed by atoms with E-state index in [0.717, 1.165) is 24.0 Å². The van der Waals surface area contributed by atoms with Crippen LogP contribution in [0.15, 0.2) is 24.3 Å². The third-order valence-electron chi connectivity index (χ3n) is 3.35. The van der Waals surface area contributed by atoms with E-state index in [-0.39, 0.29) is 12.0 Å². The Labute approximate surface area is 100 Å². The summed E-state index contributed by atoms with van der Waals surface area (Å²) in [6.07, 6.45) is 2.04. The van der Waals surface area contributed by atoms with Crippen LogP contribution >= 0.6 is 0 Å². The molecule has 1 aliphatic rings. The van der Waals surface area contributed by atoms with Crippen molar-refractivity contribution < 1.29 is 14.6 Å². The molecule has 4 nitrogen and oxygen atoms in total. The molecule has 1 unspecified atom stereocenters. The first-order valence-electron chi connectivity index (χ1n) is 5.70. The summed E-state index contributed by atoms with van der Waals surface area (Å²) < 4.78 is 5.47. The SMILES string of the molecule is COC1(c2ccc(C(N)CC(=O)O)cc2)CC1. The van der Waals surface area contributed by atoms with Crippen LogP contribution in [0.2, 0.25) is 0 Å². The van der Waals surface area contributed by atoms with Crippen LogP contribution in [0.25, 0.3) is 0 Å². The van der Waals surface area contributed by atoms with Crippen LogP contribution in [0.4, 0.5) is 0 Å². The van der Waals surface area contributed by atoms with Gasteiger partial charge in [-0.1, -0.05) is 24.3 Å². The van der Waals surface area contributed by atoms with Crippen LogP contribution in [0.3, 0.4) is 0 Å². The van der Waals surface area contributed by atoms with Crippen LogP contribution in [-0.4, -0.2) is 18.2 Å². The second kappa shape index (κ2) is 4.47. The Balaban J connectivity index is 2.10. The number of rotatable bonds is 5. The van der Waals surface area contributed by atoms with Crippen LogP contribution in [0.1, 0.15) is 36.4 Å². The summed E-state index contributed by atoms with van der Waals surface area (Å²) in [5, 5.41) is 8.68. The molecular weight excluding hydrogens is 218 g/mol. The van der Waals surface area contributed by atoms with Gasteiger partial charge in [-0.25, -0.2) is 0 Å². The van der Waals surface area contributed by atoms with E-state index in [4.69, 9.17) is 15.6 Å². The van der Waals surface area contributed by atoms with Crippen molar-refractivity contribution in [2.45, 2.75) is 30.9 Å². The van der Waals surface area contributed by atoms with E-state index in [1.54, 1.807) is 7.11 Å². The van der Waals surface area contributed by atoms with Crippen molar-refractivity contribution in [3.8, 4) is 0 Å². The fourth-order valence-corrected chi connectivity index (χ4v) is 2.06. The molecule has 0 saturated heterocycles. The molecular formula is C13H17NO3. The summed E-state index contributed by atoms with van der Waals surface area (Å²) in [5.41, 5.74) is 7.68. The smallest absolute Gasteiger partial charge is 0.305 e. The van der Waals surface area contributed by atoms with Crippen LogP contribution in [-0.2, 0) is 15.1 Å². The topological polar surface area (TPSA) is 72.5 Å². The van der Waals surface area contributed by atoms with Crippen molar-refractivity contribution in [2.75, 3.05) is 7.11 Å². The lowest BCUT2D eigenvalue weighted by atomic mass is 10.00. The monoisotopic (exact) mass is 235 g/mol. The number of ether oxygens (including phenoxy) is 1. The van der Waals surface area contributed by atoms with E-state index < -0.39 is 12.0 Å². The predicted molar refractivity (Wildman–Crippen MR) is 63.5 cm³/mol. The number of hydrogen-bond donors (Lipinski definition) is 2. The molecule has 0 heterocycles. The van der Waals surface area contributed by atoms with Gasteiger partial charge in [-0.3, -0.25) is 4.79 Å². The molecule has 0 aromatic heterocycles. The van der Waals surface area contributed by atoms with Crippen molar-refractivity contribution in [3.05, 3.63) is 35.4 Å². The van der Waals surface area contributed by atoms with E-state index in [9.17, 15) is 4.79 Å². The number of benzene rings is 1.